The van der Waals surface area contributed by atoms with Crippen molar-refractivity contribution in [2.75, 3.05) is 16.6 Å². The molecule has 0 aliphatic carbocycles. The van der Waals surface area contributed by atoms with E-state index >= 15 is 0 Å². The molecule has 1 fully saturated rings. The molecule has 1 aliphatic rings. The minimum atomic E-state index is -0.793. The highest BCUT2D eigenvalue weighted by Crippen LogP contribution is 2.23. The Bertz CT molecular complexity index is 376. The molecule has 1 heterocycles. The van der Waals surface area contributed by atoms with Crippen LogP contribution in [0.3, 0.4) is 0 Å². The molecule has 0 aromatic heterocycles. The average molecular weight is 209 g/mol. The number of hydrogen-bond donors (Lipinski definition) is 0. The quantitative estimate of drug-likeness (QED) is 0.694. The Morgan fingerprint density at radius 1 is 1.29 bits per heavy atom. The Balaban J connectivity index is 2.32. The van der Waals surface area contributed by atoms with Crippen LogP contribution in [0, 0.1) is 13.8 Å². The van der Waals surface area contributed by atoms with Gasteiger partial charge in [-0.3, -0.25) is 4.31 Å². The van der Waals surface area contributed by atoms with Gasteiger partial charge in [-0.05, 0) is 43.5 Å². The Kier molecular flexibility index (Phi) is 2.59. The summed E-state index contributed by atoms with van der Waals surface area (Å²) in [6.45, 7) is 5.12. The first-order valence-corrected chi connectivity index (χ1v) is 6.19. The van der Waals surface area contributed by atoms with Gasteiger partial charge < -0.3 is 0 Å². The molecule has 2 rings (SSSR count). The van der Waals surface area contributed by atoms with Crippen molar-refractivity contribution in [3.05, 3.63) is 29.3 Å². The lowest BCUT2D eigenvalue weighted by molar-refractivity contribution is 0.685. The van der Waals surface area contributed by atoms with Gasteiger partial charge in [-0.15, -0.1) is 0 Å². The largest absolute Gasteiger partial charge is 0.292 e. The minimum Gasteiger partial charge on any atom is -0.292 e. The molecular formula is C11H15NOS. The summed E-state index contributed by atoms with van der Waals surface area (Å²) in [4.78, 5) is 0. The van der Waals surface area contributed by atoms with Crippen molar-refractivity contribution in [1.29, 1.82) is 0 Å². The summed E-state index contributed by atoms with van der Waals surface area (Å²) in [7, 11) is -0.793. The molecule has 0 spiro atoms. The summed E-state index contributed by atoms with van der Waals surface area (Å²) in [5.41, 5.74) is 3.66. The summed E-state index contributed by atoms with van der Waals surface area (Å²) in [6.07, 6.45) is 1.04. The smallest absolute Gasteiger partial charge is 0.119 e. The fraction of sp³-hybridized carbons (Fsp3) is 0.455. The van der Waals surface area contributed by atoms with Gasteiger partial charge in [0.1, 0.15) is 11.0 Å². The Labute approximate surface area is 87.5 Å². The summed E-state index contributed by atoms with van der Waals surface area (Å²) >= 11 is 0. The van der Waals surface area contributed by atoms with E-state index in [1.165, 1.54) is 11.1 Å². The Hall–Kier alpha value is -0.830. The average Bonchev–Trinajstić information content (AvgIpc) is 2.57. The van der Waals surface area contributed by atoms with Gasteiger partial charge in [0.25, 0.3) is 0 Å². The lowest BCUT2D eigenvalue weighted by atomic mass is 10.1. The van der Waals surface area contributed by atoms with Gasteiger partial charge in [-0.2, -0.15) is 0 Å². The molecule has 1 unspecified atom stereocenters. The molecule has 0 saturated carbocycles. The van der Waals surface area contributed by atoms with E-state index in [1.807, 2.05) is 4.31 Å². The third kappa shape index (κ3) is 1.69. The van der Waals surface area contributed by atoms with Gasteiger partial charge in [-0.1, -0.05) is 6.07 Å². The zero-order valence-corrected chi connectivity index (χ0v) is 9.43. The number of benzene rings is 1. The molecule has 0 bridgehead atoms. The Morgan fingerprint density at radius 2 is 2.07 bits per heavy atom. The van der Waals surface area contributed by atoms with Crippen LogP contribution in [0.2, 0.25) is 0 Å². The molecule has 0 amide bonds. The van der Waals surface area contributed by atoms with E-state index in [0.29, 0.717) is 0 Å². The van der Waals surface area contributed by atoms with E-state index in [4.69, 9.17) is 0 Å². The van der Waals surface area contributed by atoms with Gasteiger partial charge in [0, 0.05) is 18.0 Å². The zero-order valence-electron chi connectivity index (χ0n) is 8.62. The van der Waals surface area contributed by atoms with Crippen molar-refractivity contribution >= 4 is 16.7 Å². The van der Waals surface area contributed by atoms with Crippen LogP contribution in [0.4, 0.5) is 5.69 Å². The standard InChI is InChI=1S/C11H15NOS/c1-9-4-5-11(8-10(9)2)12-6-3-7-14(12)13/h4-5,8H,3,6-7H2,1-2H3. The summed E-state index contributed by atoms with van der Waals surface area (Å²) in [5, 5.41) is 0. The van der Waals surface area contributed by atoms with E-state index in [0.717, 1.165) is 24.4 Å². The second kappa shape index (κ2) is 3.73. The fourth-order valence-electron chi connectivity index (χ4n) is 1.67. The van der Waals surface area contributed by atoms with Crippen molar-refractivity contribution in [3.8, 4) is 0 Å². The van der Waals surface area contributed by atoms with Gasteiger partial charge in [0.2, 0.25) is 0 Å². The van der Waals surface area contributed by atoms with E-state index in [9.17, 15) is 4.21 Å². The topological polar surface area (TPSA) is 20.3 Å². The number of aryl methyl sites for hydroxylation is 2. The second-order valence-electron chi connectivity index (χ2n) is 3.75. The van der Waals surface area contributed by atoms with Gasteiger partial charge in [0.15, 0.2) is 0 Å². The van der Waals surface area contributed by atoms with E-state index in [-0.39, 0.29) is 0 Å². The molecule has 1 aliphatic heterocycles. The van der Waals surface area contributed by atoms with Crippen molar-refractivity contribution in [3.63, 3.8) is 0 Å². The molecule has 2 nitrogen and oxygen atoms in total. The highest BCUT2D eigenvalue weighted by Gasteiger charge is 2.20. The third-order valence-electron chi connectivity index (χ3n) is 2.70. The maximum Gasteiger partial charge on any atom is 0.119 e. The molecule has 3 heteroatoms. The number of rotatable bonds is 1. The lowest BCUT2D eigenvalue weighted by Crippen LogP contribution is -2.19. The number of hydrogen-bond acceptors (Lipinski definition) is 1. The van der Waals surface area contributed by atoms with Gasteiger partial charge >= 0.3 is 0 Å². The van der Waals surface area contributed by atoms with E-state index in [2.05, 4.69) is 32.0 Å². The molecule has 1 saturated heterocycles. The third-order valence-corrected chi connectivity index (χ3v) is 4.23. The van der Waals surface area contributed by atoms with Crippen molar-refractivity contribution < 1.29 is 4.21 Å². The van der Waals surface area contributed by atoms with Gasteiger partial charge in [-0.25, -0.2) is 4.21 Å². The van der Waals surface area contributed by atoms with Crippen LogP contribution in [0.25, 0.3) is 0 Å². The molecule has 1 aromatic carbocycles. The Morgan fingerprint density at radius 3 is 2.64 bits per heavy atom. The summed E-state index contributed by atoms with van der Waals surface area (Å²) < 4.78 is 13.6. The maximum atomic E-state index is 11.6. The maximum absolute atomic E-state index is 11.6. The molecular weight excluding hydrogens is 194 g/mol. The first-order chi connectivity index (χ1) is 6.68. The van der Waals surface area contributed by atoms with Gasteiger partial charge in [0.05, 0.1) is 0 Å². The molecule has 1 aromatic rings. The minimum absolute atomic E-state index is 0.793. The molecule has 0 N–H and O–H groups in total. The lowest BCUT2D eigenvalue weighted by Gasteiger charge is -2.16. The van der Waals surface area contributed by atoms with Crippen LogP contribution in [0.5, 0.6) is 0 Å². The normalized spacial score (nSPS) is 21.6. The van der Waals surface area contributed by atoms with Crippen LogP contribution in [-0.4, -0.2) is 16.5 Å². The zero-order chi connectivity index (χ0) is 10.1. The molecule has 0 radical (unpaired) electrons. The van der Waals surface area contributed by atoms with E-state index < -0.39 is 11.0 Å². The summed E-state index contributed by atoms with van der Waals surface area (Å²) in [5.74, 6) is 0.812. The highest BCUT2D eigenvalue weighted by molar-refractivity contribution is 7.86. The number of nitrogens with zero attached hydrogens (tertiary/aromatic N) is 1. The van der Waals surface area contributed by atoms with Crippen LogP contribution in [-0.2, 0) is 11.0 Å². The highest BCUT2D eigenvalue weighted by atomic mass is 32.2. The van der Waals surface area contributed by atoms with Crippen LogP contribution in [0.15, 0.2) is 18.2 Å². The molecule has 14 heavy (non-hydrogen) atoms. The number of anilines is 1. The first-order valence-electron chi connectivity index (χ1n) is 4.92. The first kappa shape index (κ1) is 9.71. The summed E-state index contributed by atoms with van der Waals surface area (Å²) in [6, 6.07) is 6.28. The monoisotopic (exact) mass is 209 g/mol. The second-order valence-corrected chi connectivity index (χ2v) is 5.24. The molecule has 1 atom stereocenters. The predicted molar refractivity (Wildman–Crippen MR) is 60.9 cm³/mol. The van der Waals surface area contributed by atoms with Crippen molar-refractivity contribution in [1.82, 2.24) is 0 Å². The van der Waals surface area contributed by atoms with Crippen LogP contribution in [0.1, 0.15) is 17.5 Å². The fourth-order valence-corrected chi connectivity index (χ4v) is 2.95. The van der Waals surface area contributed by atoms with Crippen LogP contribution < -0.4 is 4.31 Å². The predicted octanol–water partition coefficient (Wildman–Crippen LogP) is 2.18. The SMILES string of the molecule is Cc1ccc(N2CCCS2=O)cc1C. The van der Waals surface area contributed by atoms with E-state index in [1.54, 1.807) is 0 Å². The van der Waals surface area contributed by atoms with Crippen molar-refractivity contribution in [2.24, 2.45) is 0 Å². The van der Waals surface area contributed by atoms with Crippen molar-refractivity contribution in [2.45, 2.75) is 20.3 Å². The van der Waals surface area contributed by atoms with Crippen LogP contribution >= 0.6 is 0 Å². The molecule has 76 valence electrons.